The van der Waals surface area contributed by atoms with E-state index in [1.165, 1.54) is 18.2 Å². The average Bonchev–Trinajstić information content (AvgIpc) is 3.19. The number of carbonyl (C=O) groups is 10. The standard InChI is InChI=1S/C19H14N2O7.C17H12N2O5.C6H11BrO2.2CH4/c22-14-5-4-13(17(25)20-14)21-18(26)11-3-1-2-9-6-10(28-8-15(23)24)7-12(16(9)11)19(21)27;20-9-6-8-2-1-3-10-14(8)11(7-9)17(24)19(16(10)23)12-4-5-13(21)18-15(12)22;1-6(2,3)9-5(8)4-7;;/h1-3,6-7,13H,4-5,8H2,(H,23,24)(H,20,22,25);1-3,6-7,12,20H,4-5H2,(H,18,21,22);4H2,1-3H3;2*1H4. The summed E-state index contributed by atoms with van der Waals surface area (Å²) < 4.78 is 10.1. The molecule has 2 unspecified atom stereocenters. The zero-order valence-electron chi connectivity index (χ0n) is 32.7. The molecule has 2 saturated heterocycles. The molecule has 4 aliphatic heterocycles. The van der Waals surface area contributed by atoms with Crippen molar-refractivity contribution in [1.82, 2.24) is 20.4 Å². The summed E-state index contributed by atoms with van der Waals surface area (Å²) in [5.41, 5.74) is 0.501. The number of carboxylic acids is 1. The summed E-state index contributed by atoms with van der Waals surface area (Å²) in [6.45, 7) is 4.93. The van der Waals surface area contributed by atoms with Gasteiger partial charge >= 0.3 is 11.9 Å². The number of aliphatic carboxylic acids is 1. The summed E-state index contributed by atoms with van der Waals surface area (Å²) in [4.78, 5) is 122. The lowest BCUT2D eigenvalue weighted by Gasteiger charge is -2.34. The van der Waals surface area contributed by atoms with Crippen LogP contribution < -0.4 is 15.4 Å². The predicted molar refractivity (Wildman–Crippen MR) is 229 cm³/mol. The third-order valence-electron chi connectivity index (χ3n) is 9.64. The molecule has 18 nitrogen and oxygen atoms in total. The van der Waals surface area contributed by atoms with E-state index in [1.807, 2.05) is 20.8 Å². The van der Waals surface area contributed by atoms with Gasteiger partial charge in [-0.15, -0.1) is 0 Å². The van der Waals surface area contributed by atoms with Crippen LogP contribution in [0, 0.1) is 0 Å². The number of hydrogen-bond donors (Lipinski definition) is 4. The minimum Gasteiger partial charge on any atom is -0.508 e. The first-order chi connectivity index (χ1) is 28.8. The fraction of sp³-hybridized carbons (Fsp3) is 0.318. The van der Waals surface area contributed by atoms with Crippen molar-refractivity contribution in [2.24, 2.45) is 0 Å². The van der Waals surface area contributed by atoms with Gasteiger partial charge < -0.3 is 19.7 Å². The number of ether oxygens (including phenoxy) is 2. The molecule has 4 heterocycles. The van der Waals surface area contributed by atoms with Crippen LogP contribution in [0.2, 0.25) is 0 Å². The molecular weight excluding hydrogens is 888 g/mol. The Morgan fingerprint density at radius 3 is 1.56 bits per heavy atom. The number of phenols is 1. The molecule has 8 amide bonds. The number of amides is 8. The van der Waals surface area contributed by atoms with E-state index in [-0.39, 0.29) is 85.6 Å². The molecule has 0 radical (unpaired) electrons. The third-order valence-corrected chi connectivity index (χ3v) is 10.1. The molecule has 19 heteroatoms. The molecule has 4 N–H and O–H groups in total. The maximum Gasteiger partial charge on any atom is 0.341 e. The number of carboxylic acid groups (broad SMARTS) is 1. The lowest BCUT2D eigenvalue weighted by atomic mass is 9.91. The van der Waals surface area contributed by atoms with Crippen LogP contribution in [-0.4, -0.2) is 109 Å². The van der Waals surface area contributed by atoms with Crippen LogP contribution in [0.1, 0.15) is 103 Å². The van der Waals surface area contributed by atoms with Crippen molar-refractivity contribution in [3.63, 3.8) is 0 Å². The zero-order valence-corrected chi connectivity index (χ0v) is 34.3. The van der Waals surface area contributed by atoms with E-state index in [4.69, 9.17) is 14.6 Å². The fourth-order valence-corrected chi connectivity index (χ4v) is 7.34. The number of esters is 1. The average molecular weight is 934 g/mol. The Bertz CT molecular complexity index is 2600. The SMILES string of the molecule is C.C.CC(C)(C)OC(=O)CBr.O=C(O)COc1cc2c3c(cccc3c1)C(=O)N(C1CCC(=O)NC1=O)C2=O.O=C1CCC(N2C(=O)c3cccc4cc(O)cc(c34)C2=O)C(=O)N1. The van der Waals surface area contributed by atoms with E-state index >= 15 is 0 Å². The highest BCUT2D eigenvalue weighted by Gasteiger charge is 2.44. The van der Waals surface area contributed by atoms with E-state index in [2.05, 4.69) is 26.6 Å². The number of benzene rings is 4. The van der Waals surface area contributed by atoms with Crippen LogP contribution in [0.3, 0.4) is 0 Å². The predicted octanol–water partition coefficient (Wildman–Crippen LogP) is 4.65. The summed E-state index contributed by atoms with van der Waals surface area (Å²) in [6, 6.07) is 13.3. The van der Waals surface area contributed by atoms with Gasteiger partial charge in [-0.25, -0.2) is 4.79 Å². The number of nitrogens with one attached hydrogen (secondary N) is 2. The maximum atomic E-state index is 13.1. The smallest absolute Gasteiger partial charge is 0.341 e. The summed E-state index contributed by atoms with van der Waals surface area (Å²) in [5.74, 6) is -6.09. The molecule has 4 aromatic rings. The Balaban J connectivity index is 0.000000228. The minimum absolute atomic E-state index is 0. The van der Waals surface area contributed by atoms with Gasteiger partial charge in [0.05, 0.1) is 11.1 Å². The van der Waals surface area contributed by atoms with E-state index in [0.717, 1.165) is 9.80 Å². The summed E-state index contributed by atoms with van der Waals surface area (Å²) in [7, 11) is 0. The fourth-order valence-electron chi connectivity index (χ4n) is 7.23. The van der Waals surface area contributed by atoms with Crippen molar-refractivity contribution in [3.05, 3.63) is 82.9 Å². The first-order valence-electron chi connectivity index (χ1n) is 18.7. The lowest BCUT2D eigenvalue weighted by Crippen LogP contribution is -2.57. The molecule has 8 rings (SSSR count). The summed E-state index contributed by atoms with van der Waals surface area (Å²) in [5, 5.41) is 25.2. The van der Waals surface area contributed by atoms with Gasteiger partial charge in [-0.3, -0.25) is 63.6 Å². The summed E-state index contributed by atoms with van der Waals surface area (Å²) in [6.07, 6.45) is 0.214. The monoisotopic (exact) mass is 932 g/mol. The van der Waals surface area contributed by atoms with E-state index in [1.54, 1.807) is 42.5 Å². The number of piperidine rings is 2. The number of imide groups is 4. The molecule has 0 aromatic heterocycles. The number of hydrogen-bond acceptors (Lipinski definition) is 13. The number of carbonyl (C=O) groups excluding carboxylic acids is 9. The molecule has 332 valence electrons. The lowest BCUT2D eigenvalue weighted by molar-refractivity contribution is -0.151. The van der Waals surface area contributed by atoms with Gasteiger partial charge in [-0.2, -0.15) is 0 Å². The van der Waals surface area contributed by atoms with Crippen molar-refractivity contribution in [2.45, 2.75) is 79.0 Å². The number of nitrogens with zero attached hydrogens (tertiary/aromatic N) is 2. The Labute approximate surface area is 369 Å². The number of rotatable bonds is 6. The van der Waals surface area contributed by atoms with Crippen LogP contribution in [0.25, 0.3) is 21.5 Å². The summed E-state index contributed by atoms with van der Waals surface area (Å²) >= 11 is 2.99. The molecule has 4 aromatic carbocycles. The molecule has 0 spiro atoms. The van der Waals surface area contributed by atoms with Gasteiger partial charge in [0, 0.05) is 34.7 Å². The highest BCUT2D eigenvalue weighted by Crippen LogP contribution is 2.36. The highest BCUT2D eigenvalue weighted by atomic mass is 79.9. The third kappa shape index (κ3) is 10.2. The number of alkyl halides is 1. The second-order valence-electron chi connectivity index (χ2n) is 15.1. The molecule has 0 aliphatic carbocycles. The number of phenolic OH excluding ortho intramolecular Hbond substituents is 1. The van der Waals surface area contributed by atoms with Crippen LogP contribution in [0.5, 0.6) is 11.5 Å². The molecule has 2 atom stereocenters. The van der Waals surface area contributed by atoms with Gasteiger partial charge in [0.1, 0.15) is 34.5 Å². The molecule has 0 saturated carbocycles. The molecule has 2 fully saturated rings. The van der Waals surface area contributed by atoms with Crippen molar-refractivity contribution in [2.75, 3.05) is 11.9 Å². The zero-order chi connectivity index (χ0) is 44.5. The topological polar surface area (TPSA) is 260 Å². The second kappa shape index (κ2) is 19.4. The largest absolute Gasteiger partial charge is 0.508 e. The van der Waals surface area contributed by atoms with Gasteiger partial charge in [0.15, 0.2) is 6.61 Å². The van der Waals surface area contributed by atoms with Gasteiger partial charge in [0.2, 0.25) is 23.6 Å². The number of aromatic hydroxyl groups is 1. The Kier molecular flexibility index (Phi) is 14.9. The van der Waals surface area contributed by atoms with Gasteiger partial charge in [0.25, 0.3) is 23.6 Å². The maximum absolute atomic E-state index is 13.1. The van der Waals surface area contributed by atoms with Crippen LogP contribution in [0.15, 0.2) is 60.7 Å². The van der Waals surface area contributed by atoms with E-state index in [0.29, 0.717) is 27.1 Å². The molecule has 63 heavy (non-hydrogen) atoms. The van der Waals surface area contributed by atoms with Gasteiger partial charge in [-0.1, -0.05) is 55.0 Å². The molecular formula is C44H45BrN4O14. The quantitative estimate of drug-likeness (QED) is 0.117. The van der Waals surface area contributed by atoms with Crippen molar-refractivity contribution < 1.29 is 67.6 Å². The first-order valence-corrected chi connectivity index (χ1v) is 19.8. The second-order valence-corrected chi connectivity index (χ2v) is 15.6. The Hall–Kier alpha value is -7.02. The minimum atomic E-state index is -1.17. The van der Waals surface area contributed by atoms with Crippen molar-refractivity contribution >= 4 is 96.7 Å². The number of halogens is 1. The van der Waals surface area contributed by atoms with Crippen molar-refractivity contribution in [1.29, 1.82) is 0 Å². The van der Waals surface area contributed by atoms with E-state index < -0.39 is 71.9 Å². The van der Waals surface area contributed by atoms with Crippen LogP contribution >= 0.6 is 15.9 Å². The van der Waals surface area contributed by atoms with Crippen LogP contribution in [-0.2, 0) is 33.5 Å². The van der Waals surface area contributed by atoms with Crippen LogP contribution in [0.4, 0.5) is 0 Å². The van der Waals surface area contributed by atoms with E-state index in [9.17, 15) is 53.1 Å². The normalized spacial score (nSPS) is 17.8. The van der Waals surface area contributed by atoms with Crippen molar-refractivity contribution in [3.8, 4) is 11.5 Å². The molecule has 0 bridgehead atoms. The Morgan fingerprint density at radius 2 is 1.14 bits per heavy atom. The first kappa shape index (κ1) is 48.6. The Morgan fingerprint density at radius 1 is 0.698 bits per heavy atom. The van der Waals surface area contributed by atoms with Gasteiger partial charge in [-0.05, 0) is 80.8 Å². The highest BCUT2D eigenvalue weighted by molar-refractivity contribution is 9.09. The molecule has 4 aliphatic rings.